The largest absolute Gasteiger partial charge is 0.467 e. The number of ether oxygens (including phenoxy) is 2. The summed E-state index contributed by atoms with van der Waals surface area (Å²) in [7, 11) is 1.28. The fourth-order valence-electron chi connectivity index (χ4n) is 1.65. The minimum absolute atomic E-state index is 0.305. The highest BCUT2D eigenvalue weighted by molar-refractivity contribution is 8.08. The van der Waals surface area contributed by atoms with Gasteiger partial charge in [0, 0.05) is 10.7 Å². The molecule has 0 heterocycles. The van der Waals surface area contributed by atoms with Crippen LogP contribution in [0.2, 0.25) is 0 Å². The number of amides is 1. The Morgan fingerprint density at radius 1 is 1.26 bits per heavy atom. The summed E-state index contributed by atoms with van der Waals surface area (Å²) >= 11 is 1.38. The predicted octanol–water partition coefficient (Wildman–Crippen LogP) is 3.46. The molecule has 6 heteroatoms. The number of benzene rings is 1. The molecule has 1 aromatic carbocycles. The molecule has 1 rings (SSSR count). The highest BCUT2D eigenvalue weighted by atomic mass is 32.2. The number of alkyl carbamates (subject to hydrolysis) is 1. The molecule has 0 saturated heterocycles. The maximum atomic E-state index is 11.8. The molecular formula is C17H23NO4S. The van der Waals surface area contributed by atoms with Gasteiger partial charge in [0.1, 0.15) is 11.6 Å². The number of carbonyl (C=O) groups is 2. The minimum Gasteiger partial charge on any atom is -0.467 e. The number of esters is 1. The summed E-state index contributed by atoms with van der Waals surface area (Å²) in [5.74, 6) is -0.219. The van der Waals surface area contributed by atoms with E-state index in [-0.39, 0.29) is 0 Å². The lowest BCUT2D eigenvalue weighted by Gasteiger charge is -2.22. The molecule has 1 aromatic rings. The van der Waals surface area contributed by atoms with Gasteiger partial charge in [-0.05, 0) is 26.3 Å². The van der Waals surface area contributed by atoms with Crippen LogP contribution in [0, 0.1) is 0 Å². The zero-order valence-corrected chi connectivity index (χ0v) is 14.7. The Bertz CT molecular complexity index is 551. The van der Waals surface area contributed by atoms with Crippen molar-refractivity contribution >= 4 is 28.7 Å². The second-order valence-electron chi connectivity index (χ2n) is 5.82. The van der Waals surface area contributed by atoms with E-state index in [9.17, 15) is 9.59 Å². The first-order valence-electron chi connectivity index (χ1n) is 7.17. The van der Waals surface area contributed by atoms with Gasteiger partial charge in [0.05, 0.1) is 7.11 Å². The molecule has 1 N–H and O–H groups in total. The Morgan fingerprint density at radius 2 is 1.87 bits per heavy atom. The number of methoxy groups -OCH3 is 1. The zero-order chi connectivity index (χ0) is 17.5. The summed E-state index contributed by atoms with van der Waals surface area (Å²) in [6, 6.07) is 8.81. The monoisotopic (exact) mass is 337 g/mol. The van der Waals surface area contributed by atoms with Crippen molar-refractivity contribution in [3.8, 4) is 0 Å². The van der Waals surface area contributed by atoms with Crippen molar-refractivity contribution in [3.05, 3.63) is 42.5 Å². The van der Waals surface area contributed by atoms with Gasteiger partial charge in [-0.2, -0.15) is 0 Å². The molecule has 126 valence electrons. The first kappa shape index (κ1) is 19.1. The number of hydrogen-bond acceptors (Lipinski definition) is 5. The van der Waals surface area contributed by atoms with Crippen molar-refractivity contribution in [1.82, 2.24) is 5.32 Å². The van der Waals surface area contributed by atoms with E-state index in [1.54, 1.807) is 20.8 Å². The lowest BCUT2D eigenvalue weighted by molar-refractivity contribution is -0.142. The van der Waals surface area contributed by atoms with Crippen molar-refractivity contribution in [2.75, 3.05) is 12.9 Å². The van der Waals surface area contributed by atoms with Crippen molar-refractivity contribution in [2.45, 2.75) is 32.4 Å². The summed E-state index contributed by atoms with van der Waals surface area (Å²) in [6.45, 7) is 9.25. The van der Waals surface area contributed by atoms with Crippen molar-refractivity contribution in [2.24, 2.45) is 0 Å². The topological polar surface area (TPSA) is 64.6 Å². The Kier molecular flexibility index (Phi) is 7.16. The summed E-state index contributed by atoms with van der Waals surface area (Å²) in [4.78, 5) is 24.5. The van der Waals surface area contributed by atoms with Gasteiger partial charge < -0.3 is 14.8 Å². The second kappa shape index (κ2) is 8.62. The molecular weight excluding hydrogens is 314 g/mol. The highest BCUT2D eigenvalue weighted by Crippen LogP contribution is 2.26. The minimum atomic E-state index is -0.805. The van der Waals surface area contributed by atoms with Gasteiger partial charge in [-0.3, -0.25) is 0 Å². The Morgan fingerprint density at radius 3 is 2.39 bits per heavy atom. The number of rotatable bonds is 6. The molecule has 0 bridgehead atoms. The SMILES string of the molecule is C=C(SC[C@@H](NC(=O)OC(C)(C)C)C(=O)OC)c1ccccc1. The van der Waals surface area contributed by atoms with E-state index in [1.165, 1.54) is 18.9 Å². The van der Waals surface area contributed by atoms with Crippen LogP contribution in [-0.2, 0) is 14.3 Å². The van der Waals surface area contributed by atoms with Crippen LogP contribution in [-0.4, -0.2) is 36.6 Å². The van der Waals surface area contributed by atoms with Crippen LogP contribution in [0.5, 0.6) is 0 Å². The molecule has 5 nitrogen and oxygen atoms in total. The van der Waals surface area contributed by atoms with Crippen LogP contribution in [0.25, 0.3) is 4.91 Å². The van der Waals surface area contributed by atoms with Crippen molar-refractivity contribution in [1.29, 1.82) is 0 Å². The van der Waals surface area contributed by atoms with Gasteiger partial charge in [0.15, 0.2) is 0 Å². The first-order valence-corrected chi connectivity index (χ1v) is 8.16. The lowest BCUT2D eigenvalue weighted by Crippen LogP contribution is -2.45. The summed E-state index contributed by atoms with van der Waals surface area (Å²) in [5.41, 5.74) is 0.337. The van der Waals surface area contributed by atoms with E-state index in [2.05, 4.69) is 11.9 Å². The smallest absolute Gasteiger partial charge is 0.408 e. The molecule has 23 heavy (non-hydrogen) atoms. The average molecular weight is 337 g/mol. The van der Waals surface area contributed by atoms with Gasteiger partial charge in [0.2, 0.25) is 0 Å². The molecule has 0 unspecified atom stereocenters. The molecule has 0 aliphatic heterocycles. The average Bonchev–Trinajstić information content (AvgIpc) is 2.49. The van der Waals surface area contributed by atoms with Gasteiger partial charge >= 0.3 is 12.1 Å². The van der Waals surface area contributed by atoms with Gasteiger partial charge in [-0.25, -0.2) is 9.59 Å². The Labute approximate surface area is 141 Å². The van der Waals surface area contributed by atoms with E-state index in [0.717, 1.165) is 10.5 Å². The third kappa shape index (κ3) is 7.23. The molecule has 0 spiro atoms. The normalized spacial score (nSPS) is 12.2. The number of hydrogen-bond donors (Lipinski definition) is 1. The highest BCUT2D eigenvalue weighted by Gasteiger charge is 2.25. The lowest BCUT2D eigenvalue weighted by atomic mass is 10.2. The molecule has 0 aromatic heterocycles. The summed E-state index contributed by atoms with van der Waals surface area (Å²) in [6.07, 6.45) is -0.654. The molecule has 1 atom stereocenters. The molecule has 0 radical (unpaired) electrons. The molecule has 0 saturated carbocycles. The van der Waals surface area contributed by atoms with Gasteiger partial charge in [-0.15, -0.1) is 11.8 Å². The molecule has 1 amide bonds. The fourth-order valence-corrected chi connectivity index (χ4v) is 2.54. The quantitative estimate of drug-likeness (QED) is 0.805. The zero-order valence-electron chi connectivity index (χ0n) is 13.9. The molecule has 0 fully saturated rings. The Hall–Kier alpha value is -1.95. The molecule has 0 aliphatic rings. The van der Waals surface area contributed by atoms with Crippen molar-refractivity contribution in [3.63, 3.8) is 0 Å². The Balaban J connectivity index is 2.63. The summed E-state index contributed by atoms with van der Waals surface area (Å²) in [5, 5.41) is 2.53. The standard InChI is InChI=1S/C17H23NO4S/c1-12(13-9-7-6-8-10-13)23-11-14(15(19)21-5)18-16(20)22-17(2,3)4/h6-10,14H,1,11H2,2-5H3,(H,18,20)/t14-/m1/s1. The molecule has 0 aliphatic carbocycles. The maximum Gasteiger partial charge on any atom is 0.408 e. The van der Waals surface area contributed by atoms with Gasteiger partial charge in [0.25, 0.3) is 0 Å². The van der Waals surface area contributed by atoms with Crippen LogP contribution in [0.15, 0.2) is 36.9 Å². The second-order valence-corrected chi connectivity index (χ2v) is 6.94. The number of nitrogens with one attached hydrogen (secondary N) is 1. The van der Waals surface area contributed by atoms with Gasteiger partial charge in [-0.1, -0.05) is 36.9 Å². The van der Waals surface area contributed by atoms with Crippen LogP contribution >= 0.6 is 11.8 Å². The number of thioether (sulfide) groups is 1. The number of carbonyl (C=O) groups excluding carboxylic acids is 2. The van der Waals surface area contributed by atoms with E-state index in [4.69, 9.17) is 9.47 Å². The van der Waals surface area contributed by atoms with Crippen LogP contribution in [0.4, 0.5) is 4.79 Å². The predicted molar refractivity (Wildman–Crippen MR) is 93.1 cm³/mol. The van der Waals surface area contributed by atoms with Crippen LogP contribution in [0.3, 0.4) is 0 Å². The van der Waals surface area contributed by atoms with E-state index >= 15 is 0 Å². The van der Waals surface area contributed by atoms with Crippen LogP contribution < -0.4 is 5.32 Å². The first-order chi connectivity index (χ1) is 10.7. The maximum absolute atomic E-state index is 11.8. The van der Waals surface area contributed by atoms with Crippen LogP contribution in [0.1, 0.15) is 26.3 Å². The van der Waals surface area contributed by atoms with E-state index in [0.29, 0.717) is 5.75 Å². The van der Waals surface area contributed by atoms with E-state index in [1.807, 2.05) is 30.3 Å². The van der Waals surface area contributed by atoms with Crippen molar-refractivity contribution < 1.29 is 19.1 Å². The fraction of sp³-hybridized carbons (Fsp3) is 0.412. The van der Waals surface area contributed by atoms with E-state index < -0.39 is 23.7 Å². The summed E-state index contributed by atoms with van der Waals surface area (Å²) < 4.78 is 9.89. The third-order valence-electron chi connectivity index (χ3n) is 2.70. The third-order valence-corrected chi connectivity index (χ3v) is 3.78.